The van der Waals surface area contributed by atoms with E-state index >= 15 is 0 Å². The van der Waals surface area contributed by atoms with E-state index in [9.17, 15) is 18.4 Å². The molecule has 1 aliphatic rings. The lowest BCUT2D eigenvalue weighted by Gasteiger charge is -2.22. The molecule has 24 heavy (non-hydrogen) atoms. The number of hydrogen-bond acceptors (Lipinski definition) is 2. The van der Waals surface area contributed by atoms with Crippen molar-refractivity contribution in [3.63, 3.8) is 0 Å². The molecule has 7 heteroatoms. The molecule has 0 unspecified atom stereocenters. The summed E-state index contributed by atoms with van der Waals surface area (Å²) in [5, 5.41) is 0. The van der Waals surface area contributed by atoms with E-state index in [2.05, 4.69) is 4.98 Å². The fourth-order valence-electron chi connectivity index (χ4n) is 2.77. The smallest absolute Gasteiger partial charge is 0.270 e. The molecule has 2 aromatic rings. The van der Waals surface area contributed by atoms with Gasteiger partial charge in [-0.1, -0.05) is 0 Å². The van der Waals surface area contributed by atoms with Crippen molar-refractivity contribution in [3.8, 4) is 0 Å². The molecule has 126 valence electrons. The number of benzene rings is 1. The van der Waals surface area contributed by atoms with Gasteiger partial charge in [0.1, 0.15) is 5.69 Å². The molecule has 1 aromatic carbocycles. The van der Waals surface area contributed by atoms with Crippen LogP contribution in [0.2, 0.25) is 0 Å². The lowest BCUT2D eigenvalue weighted by molar-refractivity contribution is 0.0716. The van der Waals surface area contributed by atoms with E-state index in [-0.39, 0.29) is 17.4 Å². The highest BCUT2D eigenvalue weighted by atomic mass is 19.2. The number of nitrogens with zero attached hydrogens (tertiary/aromatic N) is 2. The maximum atomic E-state index is 13.3. The zero-order valence-electron chi connectivity index (χ0n) is 13.0. The Morgan fingerprint density at radius 2 is 1.62 bits per heavy atom. The Balaban J connectivity index is 1.67. The summed E-state index contributed by atoms with van der Waals surface area (Å²) in [7, 11) is 0. The topological polar surface area (TPSA) is 56.4 Å². The van der Waals surface area contributed by atoms with Crippen LogP contribution in [0.15, 0.2) is 36.5 Å². The Morgan fingerprint density at radius 3 is 2.25 bits per heavy atom. The van der Waals surface area contributed by atoms with Crippen molar-refractivity contribution in [2.45, 2.75) is 6.42 Å². The third kappa shape index (κ3) is 3.29. The molecule has 2 amide bonds. The minimum absolute atomic E-state index is 0.109. The Hall–Kier alpha value is -2.70. The van der Waals surface area contributed by atoms with Crippen LogP contribution in [-0.4, -0.2) is 52.8 Å². The lowest BCUT2D eigenvalue weighted by atomic mass is 10.2. The number of H-pyrrole nitrogens is 1. The second kappa shape index (κ2) is 6.82. The van der Waals surface area contributed by atoms with E-state index < -0.39 is 11.6 Å². The molecule has 2 heterocycles. The third-order valence-electron chi connectivity index (χ3n) is 4.07. The van der Waals surface area contributed by atoms with Crippen LogP contribution in [0.4, 0.5) is 8.78 Å². The number of rotatable bonds is 2. The predicted molar refractivity (Wildman–Crippen MR) is 83.6 cm³/mol. The molecule has 1 aliphatic heterocycles. The highest BCUT2D eigenvalue weighted by molar-refractivity contribution is 5.94. The van der Waals surface area contributed by atoms with Crippen LogP contribution in [0.5, 0.6) is 0 Å². The highest BCUT2D eigenvalue weighted by Gasteiger charge is 2.24. The number of amides is 2. The molecule has 1 N–H and O–H groups in total. The van der Waals surface area contributed by atoms with E-state index in [0.29, 0.717) is 38.3 Å². The Labute approximate surface area is 137 Å². The van der Waals surface area contributed by atoms with Gasteiger partial charge in [0.2, 0.25) is 0 Å². The van der Waals surface area contributed by atoms with Gasteiger partial charge in [-0.25, -0.2) is 8.78 Å². The monoisotopic (exact) mass is 333 g/mol. The number of hydrogen-bond donors (Lipinski definition) is 1. The number of nitrogens with one attached hydrogen (secondary N) is 1. The summed E-state index contributed by atoms with van der Waals surface area (Å²) < 4.78 is 26.3. The first-order valence-electron chi connectivity index (χ1n) is 7.73. The second-order valence-electron chi connectivity index (χ2n) is 5.65. The number of carbonyl (C=O) groups excluding carboxylic acids is 2. The molecule has 5 nitrogen and oxygen atoms in total. The van der Waals surface area contributed by atoms with Gasteiger partial charge >= 0.3 is 0 Å². The van der Waals surface area contributed by atoms with E-state index in [1.54, 1.807) is 28.1 Å². The predicted octanol–water partition coefficient (Wildman–Crippen LogP) is 2.28. The van der Waals surface area contributed by atoms with E-state index in [0.717, 1.165) is 12.1 Å². The van der Waals surface area contributed by atoms with Crippen molar-refractivity contribution in [2.75, 3.05) is 26.2 Å². The quantitative estimate of drug-likeness (QED) is 0.917. The fourth-order valence-corrected chi connectivity index (χ4v) is 2.77. The standard InChI is InChI=1S/C17H17F2N3O2/c18-13-5-4-12(11-14(13)19)16(23)21-7-2-8-22(10-9-21)17(24)15-3-1-6-20-15/h1,3-6,11,20H,2,7-10H2. The van der Waals surface area contributed by atoms with Crippen molar-refractivity contribution in [1.29, 1.82) is 0 Å². The second-order valence-corrected chi connectivity index (χ2v) is 5.65. The van der Waals surface area contributed by atoms with Crippen LogP contribution in [-0.2, 0) is 0 Å². The fraction of sp³-hybridized carbons (Fsp3) is 0.294. The molecule has 0 aliphatic carbocycles. The van der Waals surface area contributed by atoms with Crippen molar-refractivity contribution in [2.24, 2.45) is 0 Å². The highest BCUT2D eigenvalue weighted by Crippen LogP contribution is 2.14. The molecule has 1 saturated heterocycles. The van der Waals surface area contributed by atoms with E-state index in [1.165, 1.54) is 6.07 Å². The minimum atomic E-state index is -1.04. The lowest BCUT2D eigenvalue weighted by Crippen LogP contribution is -2.37. The summed E-state index contributed by atoms with van der Waals surface area (Å²) >= 11 is 0. The average Bonchev–Trinajstić information content (AvgIpc) is 3.00. The summed E-state index contributed by atoms with van der Waals surface area (Å²) in [6.07, 6.45) is 2.31. The van der Waals surface area contributed by atoms with Gasteiger partial charge in [-0.2, -0.15) is 0 Å². The van der Waals surface area contributed by atoms with Crippen LogP contribution in [0.1, 0.15) is 27.3 Å². The molecular formula is C17H17F2N3O2. The van der Waals surface area contributed by atoms with Crippen LogP contribution in [0.3, 0.4) is 0 Å². The van der Waals surface area contributed by atoms with Crippen LogP contribution in [0, 0.1) is 11.6 Å². The first-order chi connectivity index (χ1) is 11.6. The number of carbonyl (C=O) groups is 2. The Morgan fingerprint density at radius 1 is 0.917 bits per heavy atom. The van der Waals surface area contributed by atoms with Gasteiger partial charge in [-0.05, 0) is 36.8 Å². The average molecular weight is 333 g/mol. The summed E-state index contributed by atoms with van der Waals surface area (Å²) in [5.41, 5.74) is 0.619. The number of halogens is 2. The third-order valence-corrected chi connectivity index (χ3v) is 4.07. The summed E-state index contributed by atoms with van der Waals surface area (Å²) in [4.78, 5) is 30.9. The Kier molecular flexibility index (Phi) is 4.59. The van der Waals surface area contributed by atoms with E-state index in [4.69, 9.17) is 0 Å². The maximum absolute atomic E-state index is 13.3. The zero-order chi connectivity index (χ0) is 17.1. The Bertz CT molecular complexity index is 746. The van der Waals surface area contributed by atoms with Crippen LogP contribution >= 0.6 is 0 Å². The SMILES string of the molecule is O=C(c1ccc(F)c(F)c1)N1CCCN(C(=O)c2ccc[nH]2)CC1. The summed E-state index contributed by atoms with van der Waals surface area (Å²) in [6.45, 7) is 1.75. The maximum Gasteiger partial charge on any atom is 0.270 e. The van der Waals surface area contributed by atoms with Crippen LogP contribution < -0.4 is 0 Å². The molecule has 0 atom stereocenters. The number of aromatic nitrogens is 1. The number of aromatic amines is 1. The van der Waals surface area contributed by atoms with Gasteiger partial charge in [-0.3, -0.25) is 9.59 Å². The van der Waals surface area contributed by atoms with Crippen molar-refractivity contribution < 1.29 is 18.4 Å². The normalized spacial score (nSPS) is 15.2. The van der Waals surface area contributed by atoms with Gasteiger partial charge in [0.05, 0.1) is 0 Å². The zero-order valence-corrected chi connectivity index (χ0v) is 13.0. The first kappa shape index (κ1) is 16.2. The van der Waals surface area contributed by atoms with Crippen molar-refractivity contribution in [1.82, 2.24) is 14.8 Å². The van der Waals surface area contributed by atoms with E-state index in [1.807, 2.05) is 0 Å². The molecule has 0 bridgehead atoms. The summed E-state index contributed by atoms with van der Waals surface area (Å²) in [5.74, 6) is -2.49. The van der Waals surface area contributed by atoms with Gasteiger partial charge in [-0.15, -0.1) is 0 Å². The molecule has 0 radical (unpaired) electrons. The largest absolute Gasteiger partial charge is 0.357 e. The van der Waals surface area contributed by atoms with Gasteiger partial charge in [0.25, 0.3) is 11.8 Å². The van der Waals surface area contributed by atoms with Crippen molar-refractivity contribution >= 4 is 11.8 Å². The molecule has 0 saturated carbocycles. The van der Waals surface area contributed by atoms with Gasteiger partial charge < -0.3 is 14.8 Å². The molecule has 3 rings (SSSR count). The van der Waals surface area contributed by atoms with Gasteiger partial charge in [0.15, 0.2) is 11.6 Å². The first-order valence-corrected chi connectivity index (χ1v) is 7.73. The molecule has 0 spiro atoms. The van der Waals surface area contributed by atoms with Crippen LogP contribution in [0.25, 0.3) is 0 Å². The van der Waals surface area contributed by atoms with Crippen molar-refractivity contribution in [3.05, 3.63) is 59.4 Å². The molecule has 1 aromatic heterocycles. The molecule has 1 fully saturated rings. The molecular weight excluding hydrogens is 316 g/mol. The van der Waals surface area contributed by atoms with Gasteiger partial charge in [0, 0.05) is 37.9 Å². The summed E-state index contributed by atoms with van der Waals surface area (Å²) in [6, 6.07) is 6.58. The minimum Gasteiger partial charge on any atom is -0.357 e.